The predicted octanol–water partition coefficient (Wildman–Crippen LogP) is 3.27. The van der Waals surface area contributed by atoms with Crippen LogP contribution < -0.4 is 5.32 Å². The van der Waals surface area contributed by atoms with Crippen LogP contribution in [0.4, 0.5) is 5.69 Å². The molecular weight excluding hydrogens is 364 g/mol. The van der Waals surface area contributed by atoms with Gasteiger partial charge in [-0.1, -0.05) is 41.9 Å². The van der Waals surface area contributed by atoms with Gasteiger partial charge in [-0.2, -0.15) is 0 Å². The van der Waals surface area contributed by atoms with Crippen molar-refractivity contribution in [3.8, 4) is 0 Å². The second-order valence-electron chi connectivity index (χ2n) is 6.93. The Hall–Kier alpha value is -2.08. The summed E-state index contributed by atoms with van der Waals surface area (Å²) in [5, 5.41) is 13.8. The number of nitrogens with zero attached hydrogens (tertiary/aromatic N) is 1. The lowest BCUT2D eigenvalue weighted by Gasteiger charge is -2.41. The van der Waals surface area contributed by atoms with Gasteiger partial charge in [0.25, 0.3) is 5.91 Å². The van der Waals surface area contributed by atoms with Crippen molar-refractivity contribution in [1.29, 1.82) is 0 Å². The first-order valence-corrected chi connectivity index (χ1v) is 9.72. The Bertz CT molecular complexity index is 842. The molecule has 1 saturated heterocycles. The summed E-state index contributed by atoms with van der Waals surface area (Å²) in [4.78, 5) is 15.3. The zero-order valence-electron chi connectivity index (χ0n) is 15.0. The first kappa shape index (κ1) is 18.3. The van der Waals surface area contributed by atoms with Crippen LogP contribution in [-0.2, 0) is 11.2 Å². The lowest BCUT2D eigenvalue weighted by molar-refractivity contribution is -0.0810. The Kier molecular flexibility index (Phi) is 5.34. The average Bonchev–Trinajstić information content (AvgIpc) is 2.72. The first-order valence-electron chi connectivity index (χ1n) is 9.34. The van der Waals surface area contributed by atoms with Gasteiger partial charge in [-0.3, -0.25) is 4.79 Å². The summed E-state index contributed by atoms with van der Waals surface area (Å²) in [5.41, 5.74) is 3.57. The molecule has 0 saturated carbocycles. The molecule has 2 aromatic carbocycles. The number of anilines is 1. The van der Waals surface area contributed by atoms with E-state index >= 15 is 0 Å². The minimum atomic E-state index is -0.505. The molecule has 6 heteroatoms. The Labute approximate surface area is 163 Å². The molecular formula is C21H23ClN2O3. The van der Waals surface area contributed by atoms with Gasteiger partial charge < -0.3 is 20.1 Å². The number of aliphatic hydroxyl groups is 1. The number of aryl methyl sites for hydroxylation is 1. The molecule has 2 atom stereocenters. The number of hydrogen-bond donors (Lipinski definition) is 2. The largest absolute Gasteiger partial charge is 0.394 e. The van der Waals surface area contributed by atoms with E-state index in [4.69, 9.17) is 16.3 Å². The van der Waals surface area contributed by atoms with E-state index in [1.54, 1.807) is 11.0 Å². The molecule has 142 valence electrons. The number of carbonyl (C=O) groups is 1. The quantitative estimate of drug-likeness (QED) is 0.849. The third-order valence-corrected chi connectivity index (χ3v) is 5.67. The molecule has 2 aliphatic heterocycles. The highest BCUT2D eigenvalue weighted by Crippen LogP contribution is 2.36. The zero-order valence-corrected chi connectivity index (χ0v) is 15.8. The van der Waals surface area contributed by atoms with Crippen LogP contribution in [0.1, 0.15) is 33.9 Å². The summed E-state index contributed by atoms with van der Waals surface area (Å²) in [7, 11) is 0. The van der Waals surface area contributed by atoms with Gasteiger partial charge in [0.2, 0.25) is 0 Å². The van der Waals surface area contributed by atoms with Crippen molar-refractivity contribution in [2.75, 3.05) is 31.6 Å². The third kappa shape index (κ3) is 3.43. The lowest BCUT2D eigenvalue weighted by Crippen LogP contribution is -2.49. The molecule has 5 nitrogen and oxygen atoms in total. The molecule has 2 aromatic rings. The number of hydrogen-bond acceptors (Lipinski definition) is 4. The Balaban J connectivity index is 1.74. The number of rotatable bonds is 3. The van der Waals surface area contributed by atoms with Gasteiger partial charge in [-0.05, 0) is 36.1 Å². The van der Waals surface area contributed by atoms with Crippen molar-refractivity contribution in [1.82, 2.24) is 4.90 Å². The maximum Gasteiger partial charge on any atom is 0.256 e. The summed E-state index contributed by atoms with van der Waals surface area (Å²) >= 11 is 6.42. The van der Waals surface area contributed by atoms with E-state index in [0.29, 0.717) is 23.7 Å². The second-order valence-corrected chi connectivity index (χ2v) is 7.33. The third-order valence-electron chi connectivity index (χ3n) is 5.32. The van der Waals surface area contributed by atoms with Crippen molar-refractivity contribution >= 4 is 23.2 Å². The van der Waals surface area contributed by atoms with Crippen molar-refractivity contribution in [2.24, 2.45) is 0 Å². The number of benzene rings is 2. The van der Waals surface area contributed by atoms with E-state index in [9.17, 15) is 9.90 Å². The highest BCUT2D eigenvalue weighted by atomic mass is 35.5. The predicted molar refractivity (Wildman–Crippen MR) is 105 cm³/mol. The Morgan fingerprint density at radius 2 is 2.11 bits per heavy atom. The molecule has 0 aromatic heterocycles. The van der Waals surface area contributed by atoms with Gasteiger partial charge in [0.1, 0.15) is 6.10 Å². The molecule has 0 spiro atoms. The molecule has 0 bridgehead atoms. The van der Waals surface area contributed by atoms with E-state index in [0.717, 1.165) is 30.6 Å². The molecule has 0 aliphatic carbocycles. The zero-order chi connectivity index (χ0) is 18.8. The van der Waals surface area contributed by atoms with Crippen molar-refractivity contribution in [3.63, 3.8) is 0 Å². The topological polar surface area (TPSA) is 61.8 Å². The van der Waals surface area contributed by atoms with Crippen LogP contribution in [0.15, 0.2) is 42.5 Å². The fourth-order valence-electron chi connectivity index (χ4n) is 4.04. The maximum atomic E-state index is 13.5. The van der Waals surface area contributed by atoms with Gasteiger partial charge >= 0.3 is 0 Å². The van der Waals surface area contributed by atoms with Crippen LogP contribution in [0.3, 0.4) is 0 Å². The van der Waals surface area contributed by atoms with Crippen LogP contribution in [0, 0.1) is 0 Å². The summed E-state index contributed by atoms with van der Waals surface area (Å²) < 4.78 is 5.76. The van der Waals surface area contributed by atoms with E-state index < -0.39 is 12.1 Å². The summed E-state index contributed by atoms with van der Waals surface area (Å²) in [5.74, 6) is -0.0621. The summed E-state index contributed by atoms with van der Waals surface area (Å²) in [6.07, 6.45) is 1.53. The molecule has 0 radical (unpaired) electrons. The summed E-state index contributed by atoms with van der Waals surface area (Å²) in [6, 6.07) is 12.9. The van der Waals surface area contributed by atoms with Crippen LogP contribution in [-0.4, -0.2) is 48.3 Å². The van der Waals surface area contributed by atoms with Gasteiger partial charge in [-0.25, -0.2) is 0 Å². The van der Waals surface area contributed by atoms with E-state index in [2.05, 4.69) is 11.4 Å². The molecule has 2 aliphatic rings. The van der Waals surface area contributed by atoms with E-state index in [1.807, 2.05) is 30.3 Å². The number of aliphatic hydroxyl groups excluding tert-OH is 1. The fourth-order valence-corrected chi connectivity index (χ4v) is 4.29. The minimum absolute atomic E-state index is 0.0621. The lowest BCUT2D eigenvalue weighted by atomic mass is 9.95. The maximum absolute atomic E-state index is 13.5. The van der Waals surface area contributed by atoms with Gasteiger partial charge in [0.05, 0.1) is 30.5 Å². The average molecular weight is 387 g/mol. The van der Waals surface area contributed by atoms with Gasteiger partial charge in [-0.15, -0.1) is 0 Å². The van der Waals surface area contributed by atoms with Crippen LogP contribution in [0.25, 0.3) is 0 Å². The molecule has 0 unspecified atom stereocenters. The number of nitrogens with one attached hydrogen (secondary N) is 1. The second kappa shape index (κ2) is 7.89. The number of ether oxygens (including phenoxy) is 1. The Morgan fingerprint density at radius 3 is 2.93 bits per heavy atom. The normalized spacial score (nSPS) is 22.1. The fraction of sp³-hybridized carbons (Fsp3) is 0.381. The van der Waals surface area contributed by atoms with Crippen LogP contribution in [0.5, 0.6) is 0 Å². The van der Waals surface area contributed by atoms with Crippen molar-refractivity contribution in [3.05, 3.63) is 64.2 Å². The molecule has 4 rings (SSSR count). The number of carbonyl (C=O) groups excluding carboxylic acids is 1. The standard InChI is InChI=1S/C21H23ClN2O3/c22-17-9-2-1-7-15(17)20-18(13-25)27-12-11-24(20)21(26)16-8-3-5-14-6-4-10-23-19(14)16/h1-3,5,7-9,18,20,23,25H,4,6,10-13H2/t18-,20-/m0/s1. The van der Waals surface area contributed by atoms with E-state index in [1.165, 1.54) is 5.56 Å². The monoisotopic (exact) mass is 386 g/mol. The highest BCUT2D eigenvalue weighted by Gasteiger charge is 2.38. The van der Waals surface area contributed by atoms with E-state index in [-0.39, 0.29) is 12.5 Å². The minimum Gasteiger partial charge on any atom is -0.394 e. The first-order chi connectivity index (χ1) is 13.2. The SMILES string of the molecule is O=C(c1cccc2c1NCCC2)N1CCO[C@@H](CO)[C@@H]1c1ccccc1Cl. The molecule has 27 heavy (non-hydrogen) atoms. The van der Waals surface area contributed by atoms with Crippen molar-refractivity contribution in [2.45, 2.75) is 25.0 Å². The smallest absolute Gasteiger partial charge is 0.256 e. The number of halogens is 1. The van der Waals surface area contributed by atoms with Crippen LogP contribution in [0.2, 0.25) is 5.02 Å². The highest BCUT2D eigenvalue weighted by molar-refractivity contribution is 6.31. The molecule has 2 heterocycles. The van der Waals surface area contributed by atoms with Gasteiger partial charge in [0, 0.05) is 18.1 Å². The van der Waals surface area contributed by atoms with Crippen molar-refractivity contribution < 1.29 is 14.6 Å². The Morgan fingerprint density at radius 1 is 1.26 bits per heavy atom. The summed E-state index contributed by atoms with van der Waals surface area (Å²) in [6.45, 7) is 1.54. The van der Waals surface area contributed by atoms with Gasteiger partial charge in [0.15, 0.2) is 0 Å². The molecule has 1 fully saturated rings. The molecule has 2 N–H and O–H groups in total. The molecule has 1 amide bonds. The number of amides is 1. The number of morpholine rings is 1. The van der Waals surface area contributed by atoms with Crippen LogP contribution >= 0.6 is 11.6 Å². The number of para-hydroxylation sites is 1. The number of fused-ring (bicyclic) bond motifs is 1.